The van der Waals surface area contributed by atoms with Crippen molar-refractivity contribution in [1.29, 1.82) is 0 Å². The zero-order chi connectivity index (χ0) is 11.7. The molecule has 16 heavy (non-hydrogen) atoms. The fourth-order valence-electron chi connectivity index (χ4n) is 2.27. The lowest BCUT2D eigenvalue weighted by Crippen LogP contribution is -2.16. The minimum atomic E-state index is 0.396. The number of hydrogen-bond acceptors (Lipinski definition) is 1. The Morgan fingerprint density at radius 3 is 2.69 bits per heavy atom. The van der Waals surface area contributed by atoms with E-state index in [9.17, 15) is 0 Å². The predicted octanol–water partition coefficient (Wildman–Crippen LogP) is 3.25. The molecule has 2 aromatic rings. The molecule has 86 valence electrons. The summed E-state index contributed by atoms with van der Waals surface area (Å²) >= 11 is 0. The zero-order valence-electron chi connectivity index (χ0n) is 10.5. The molecule has 2 nitrogen and oxygen atoms in total. The molecule has 1 N–H and O–H groups in total. The number of fused-ring (bicyclic) bond motifs is 1. The Kier molecular flexibility index (Phi) is 3.01. The lowest BCUT2D eigenvalue weighted by atomic mass is 10.1. The van der Waals surface area contributed by atoms with Gasteiger partial charge in [-0.3, -0.25) is 0 Å². The third-order valence-corrected chi connectivity index (χ3v) is 3.28. The Hall–Kier alpha value is -1.28. The molecule has 0 bridgehead atoms. The van der Waals surface area contributed by atoms with Gasteiger partial charge in [-0.05, 0) is 46.0 Å². The molecular formula is C14H20N2. The van der Waals surface area contributed by atoms with Crippen LogP contribution in [0.4, 0.5) is 0 Å². The molecule has 0 spiro atoms. The molecule has 2 heteroatoms. The van der Waals surface area contributed by atoms with Crippen molar-refractivity contribution in [3.05, 3.63) is 35.5 Å². The van der Waals surface area contributed by atoms with E-state index in [0.29, 0.717) is 6.04 Å². The van der Waals surface area contributed by atoms with Crippen LogP contribution in [0.25, 0.3) is 10.9 Å². The third kappa shape index (κ3) is 1.74. The Labute approximate surface area is 97.3 Å². The fraction of sp³-hybridized carbons (Fsp3) is 0.429. The van der Waals surface area contributed by atoms with E-state index in [1.807, 2.05) is 7.05 Å². The Balaban J connectivity index is 2.65. The standard InChI is InChI=1S/C14H20N2/c1-5-16-13-7-6-10(2)8-12(13)9-14(16)11(3)15-4/h6-9,11,15H,5H2,1-4H3. The summed E-state index contributed by atoms with van der Waals surface area (Å²) in [6.07, 6.45) is 0. The van der Waals surface area contributed by atoms with Gasteiger partial charge in [0, 0.05) is 29.2 Å². The molecule has 1 atom stereocenters. The van der Waals surface area contributed by atoms with Crippen LogP contribution >= 0.6 is 0 Å². The fourth-order valence-corrected chi connectivity index (χ4v) is 2.27. The van der Waals surface area contributed by atoms with Gasteiger partial charge < -0.3 is 9.88 Å². The zero-order valence-corrected chi connectivity index (χ0v) is 10.5. The van der Waals surface area contributed by atoms with E-state index >= 15 is 0 Å². The highest BCUT2D eigenvalue weighted by molar-refractivity contribution is 5.82. The number of aryl methyl sites for hydroxylation is 2. The number of nitrogens with one attached hydrogen (secondary N) is 1. The molecular weight excluding hydrogens is 196 g/mol. The minimum absolute atomic E-state index is 0.396. The molecule has 2 rings (SSSR count). The first-order valence-electron chi connectivity index (χ1n) is 5.94. The van der Waals surface area contributed by atoms with Gasteiger partial charge in [-0.15, -0.1) is 0 Å². The lowest BCUT2D eigenvalue weighted by Gasteiger charge is -2.14. The van der Waals surface area contributed by atoms with Crippen molar-refractivity contribution in [2.24, 2.45) is 0 Å². The van der Waals surface area contributed by atoms with E-state index in [1.165, 1.54) is 22.2 Å². The van der Waals surface area contributed by atoms with Crippen molar-refractivity contribution in [1.82, 2.24) is 9.88 Å². The van der Waals surface area contributed by atoms with Gasteiger partial charge in [-0.25, -0.2) is 0 Å². The molecule has 1 aromatic heterocycles. The van der Waals surface area contributed by atoms with Crippen molar-refractivity contribution >= 4 is 10.9 Å². The molecule has 0 fully saturated rings. The van der Waals surface area contributed by atoms with Gasteiger partial charge in [-0.1, -0.05) is 11.6 Å². The molecule has 0 aliphatic rings. The second-order valence-corrected chi connectivity index (χ2v) is 4.39. The molecule has 0 saturated heterocycles. The normalized spacial score (nSPS) is 13.2. The monoisotopic (exact) mass is 216 g/mol. The van der Waals surface area contributed by atoms with Gasteiger partial charge in [0.25, 0.3) is 0 Å². The Bertz CT molecular complexity index is 497. The first kappa shape index (κ1) is 11.2. The number of aromatic nitrogens is 1. The number of rotatable bonds is 3. The summed E-state index contributed by atoms with van der Waals surface area (Å²) in [6.45, 7) is 7.57. The maximum Gasteiger partial charge on any atom is 0.0483 e. The van der Waals surface area contributed by atoms with Crippen LogP contribution in [0.2, 0.25) is 0 Å². The summed E-state index contributed by atoms with van der Waals surface area (Å²) in [4.78, 5) is 0. The predicted molar refractivity (Wildman–Crippen MR) is 69.8 cm³/mol. The van der Waals surface area contributed by atoms with Gasteiger partial charge in [-0.2, -0.15) is 0 Å². The summed E-state index contributed by atoms with van der Waals surface area (Å²) < 4.78 is 2.38. The van der Waals surface area contributed by atoms with Crippen LogP contribution < -0.4 is 5.32 Å². The van der Waals surface area contributed by atoms with Crippen LogP contribution in [0.1, 0.15) is 31.1 Å². The first-order chi connectivity index (χ1) is 7.67. The van der Waals surface area contributed by atoms with Gasteiger partial charge in [0.05, 0.1) is 0 Å². The maximum absolute atomic E-state index is 3.31. The Morgan fingerprint density at radius 1 is 1.31 bits per heavy atom. The summed E-state index contributed by atoms with van der Waals surface area (Å²) in [6, 6.07) is 9.36. The maximum atomic E-state index is 3.31. The van der Waals surface area contributed by atoms with E-state index in [0.717, 1.165) is 6.54 Å². The SMILES string of the molecule is CCn1c(C(C)NC)cc2cc(C)ccc21. The van der Waals surface area contributed by atoms with Crippen molar-refractivity contribution < 1.29 is 0 Å². The second kappa shape index (κ2) is 4.30. The number of nitrogens with zero attached hydrogens (tertiary/aromatic N) is 1. The van der Waals surface area contributed by atoms with Crippen LogP contribution in [-0.2, 0) is 6.54 Å². The highest BCUT2D eigenvalue weighted by atomic mass is 15.0. The molecule has 0 aliphatic carbocycles. The molecule has 0 amide bonds. The summed E-state index contributed by atoms with van der Waals surface area (Å²) in [5.74, 6) is 0. The number of hydrogen-bond donors (Lipinski definition) is 1. The lowest BCUT2D eigenvalue weighted by molar-refractivity contribution is 0.589. The van der Waals surface area contributed by atoms with Crippen LogP contribution in [0.5, 0.6) is 0 Å². The van der Waals surface area contributed by atoms with Gasteiger partial charge in [0.1, 0.15) is 0 Å². The molecule has 0 aliphatic heterocycles. The van der Waals surface area contributed by atoms with Crippen LogP contribution in [0.3, 0.4) is 0 Å². The second-order valence-electron chi connectivity index (χ2n) is 4.39. The van der Waals surface area contributed by atoms with Gasteiger partial charge in [0.15, 0.2) is 0 Å². The van der Waals surface area contributed by atoms with E-state index < -0.39 is 0 Å². The molecule has 1 heterocycles. The van der Waals surface area contributed by atoms with Crippen LogP contribution in [0, 0.1) is 6.92 Å². The van der Waals surface area contributed by atoms with Crippen LogP contribution in [0.15, 0.2) is 24.3 Å². The Morgan fingerprint density at radius 2 is 2.06 bits per heavy atom. The summed E-state index contributed by atoms with van der Waals surface area (Å²) in [7, 11) is 2.01. The van der Waals surface area contributed by atoms with Crippen LogP contribution in [-0.4, -0.2) is 11.6 Å². The molecule has 1 aromatic carbocycles. The average Bonchev–Trinajstić information content (AvgIpc) is 2.65. The summed E-state index contributed by atoms with van der Waals surface area (Å²) in [5.41, 5.74) is 4.03. The number of benzene rings is 1. The highest BCUT2D eigenvalue weighted by Crippen LogP contribution is 2.25. The van der Waals surface area contributed by atoms with Gasteiger partial charge in [0.2, 0.25) is 0 Å². The molecule has 0 radical (unpaired) electrons. The molecule has 0 saturated carbocycles. The quantitative estimate of drug-likeness (QED) is 0.833. The highest BCUT2D eigenvalue weighted by Gasteiger charge is 2.11. The van der Waals surface area contributed by atoms with Gasteiger partial charge >= 0.3 is 0 Å². The summed E-state index contributed by atoms with van der Waals surface area (Å²) in [5, 5.41) is 4.66. The smallest absolute Gasteiger partial charge is 0.0483 e. The van der Waals surface area contributed by atoms with Crippen molar-refractivity contribution in [2.75, 3.05) is 7.05 Å². The van der Waals surface area contributed by atoms with E-state index in [4.69, 9.17) is 0 Å². The topological polar surface area (TPSA) is 17.0 Å². The largest absolute Gasteiger partial charge is 0.343 e. The average molecular weight is 216 g/mol. The molecule has 1 unspecified atom stereocenters. The first-order valence-corrected chi connectivity index (χ1v) is 5.94. The van der Waals surface area contributed by atoms with E-state index in [1.54, 1.807) is 0 Å². The van der Waals surface area contributed by atoms with Crippen molar-refractivity contribution in [3.63, 3.8) is 0 Å². The van der Waals surface area contributed by atoms with E-state index in [-0.39, 0.29) is 0 Å². The third-order valence-electron chi connectivity index (χ3n) is 3.28. The minimum Gasteiger partial charge on any atom is -0.343 e. The van der Waals surface area contributed by atoms with Crippen molar-refractivity contribution in [2.45, 2.75) is 33.4 Å². The van der Waals surface area contributed by atoms with E-state index in [2.05, 4.69) is 54.9 Å². The van der Waals surface area contributed by atoms with Crippen molar-refractivity contribution in [3.8, 4) is 0 Å².